The highest BCUT2D eigenvalue weighted by molar-refractivity contribution is 6.04. The van der Waals surface area contributed by atoms with Crippen LogP contribution in [0.25, 0.3) is 0 Å². The molecule has 5 N–H and O–H groups in total. The van der Waals surface area contributed by atoms with Crippen LogP contribution in [0, 0.1) is 0 Å². The van der Waals surface area contributed by atoms with Crippen LogP contribution >= 0.6 is 0 Å². The van der Waals surface area contributed by atoms with E-state index < -0.39 is 23.8 Å². The van der Waals surface area contributed by atoms with Gasteiger partial charge >= 0.3 is 6.18 Å². The lowest BCUT2D eigenvalue weighted by molar-refractivity contribution is -0.141. The number of anilines is 3. The largest absolute Gasteiger partial charge is 0.433 e. The summed E-state index contributed by atoms with van der Waals surface area (Å²) in [7, 11) is 0. The predicted octanol–water partition coefficient (Wildman–Crippen LogP) is 2.12. The molecule has 0 unspecified atom stereocenters. The lowest BCUT2D eigenvalue weighted by Crippen LogP contribution is -2.23. The van der Waals surface area contributed by atoms with E-state index in [0.717, 1.165) is 0 Å². The van der Waals surface area contributed by atoms with Gasteiger partial charge in [0.25, 0.3) is 5.91 Å². The van der Waals surface area contributed by atoms with Gasteiger partial charge < -0.3 is 21.5 Å². The number of aliphatic hydroxyl groups excluding tert-OH is 1. The molecule has 1 heterocycles. The van der Waals surface area contributed by atoms with Crippen molar-refractivity contribution >= 4 is 23.4 Å². The van der Waals surface area contributed by atoms with Gasteiger partial charge in [0.2, 0.25) is 5.95 Å². The highest BCUT2D eigenvalue weighted by Gasteiger charge is 2.34. The average Bonchev–Trinajstić information content (AvgIpc) is 2.53. The van der Waals surface area contributed by atoms with E-state index in [1.807, 2.05) is 0 Å². The monoisotopic (exact) mass is 355 g/mol. The van der Waals surface area contributed by atoms with Crippen molar-refractivity contribution in [2.24, 2.45) is 0 Å². The SMILES string of the molecule is C[C@H](CO)Nc1nc(NC(=O)c2cccc(N)c2)cc(C(F)(F)F)n1. The molecule has 0 aliphatic carbocycles. The number of benzene rings is 1. The predicted molar refractivity (Wildman–Crippen MR) is 86.0 cm³/mol. The number of nitrogens with one attached hydrogen (secondary N) is 2. The summed E-state index contributed by atoms with van der Waals surface area (Å²) in [5.74, 6) is -1.36. The summed E-state index contributed by atoms with van der Waals surface area (Å²) >= 11 is 0. The second-order valence-electron chi connectivity index (χ2n) is 5.27. The Morgan fingerprint density at radius 2 is 2.04 bits per heavy atom. The second kappa shape index (κ2) is 7.34. The van der Waals surface area contributed by atoms with E-state index in [2.05, 4.69) is 20.6 Å². The van der Waals surface area contributed by atoms with Crippen molar-refractivity contribution in [1.82, 2.24) is 9.97 Å². The zero-order valence-corrected chi connectivity index (χ0v) is 13.1. The summed E-state index contributed by atoms with van der Waals surface area (Å²) in [5.41, 5.74) is 4.86. The Balaban J connectivity index is 2.32. The van der Waals surface area contributed by atoms with Gasteiger partial charge in [0.15, 0.2) is 5.69 Å². The third-order valence-corrected chi connectivity index (χ3v) is 3.06. The van der Waals surface area contributed by atoms with Crippen LogP contribution in [-0.2, 0) is 6.18 Å². The Hall–Kier alpha value is -2.88. The first-order valence-corrected chi connectivity index (χ1v) is 7.19. The van der Waals surface area contributed by atoms with Gasteiger partial charge in [0.1, 0.15) is 5.82 Å². The zero-order valence-electron chi connectivity index (χ0n) is 13.1. The molecule has 25 heavy (non-hydrogen) atoms. The molecule has 0 bridgehead atoms. The molecule has 0 saturated carbocycles. The normalized spacial score (nSPS) is 12.5. The van der Waals surface area contributed by atoms with Gasteiger partial charge in [-0.25, -0.2) is 4.98 Å². The molecule has 10 heteroatoms. The molecular formula is C15H16F3N5O2. The number of alkyl halides is 3. The van der Waals surface area contributed by atoms with Gasteiger partial charge in [-0.05, 0) is 25.1 Å². The van der Waals surface area contributed by atoms with Crippen LogP contribution in [0.3, 0.4) is 0 Å². The third kappa shape index (κ3) is 5.05. The first-order chi connectivity index (χ1) is 11.7. The maximum absolute atomic E-state index is 13.0. The number of aromatic nitrogens is 2. The summed E-state index contributed by atoms with van der Waals surface area (Å²) in [6.07, 6.45) is -4.72. The van der Waals surface area contributed by atoms with Gasteiger partial charge in [-0.1, -0.05) is 6.07 Å². The van der Waals surface area contributed by atoms with E-state index in [4.69, 9.17) is 10.8 Å². The lowest BCUT2D eigenvalue weighted by atomic mass is 10.2. The van der Waals surface area contributed by atoms with Gasteiger partial charge in [-0.2, -0.15) is 18.2 Å². The van der Waals surface area contributed by atoms with Crippen LogP contribution in [0.15, 0.2) is 30.3 Å². The number of halogens is 3. The van der Waals surface area contributed by atoms with Crippen LogP contribution in [0.2, 0.25) is 0 Å². The molecule has 2 rings (SSSR count). The molecule has 2 aromatic rings. The fraction of sp³-hybridized carbons (Fsp3) is 0.267. The standard InChI is InChI=1S/C15H16F3N5O2/c1-8(7-24)20-14-21-11(15(16,17)18)6-12(23-14)22-13(25)9-3-2-4-10(19)5-9/h2-6,8,24H,7,19H2,1H3,(H2,20,21,22,23,25)/t8-/m1/s1. The van der Waals surface area contributed by atoms with Gasteiger partial charge in [-0.3, -0.25) is 4.79 Å². The number of hydrogen-bond donors (Lipinski definition) is 4. The van der Waals surface area contributed by atoms with E-state index in [1.54, 1.807) is 12.1 Å². The molecule has 0 aliphatic rings. The zero-order chi connectivity index (χ0) is 18.6. The number of nitrogens with zero attached hydrogens (tertiary/aromatic N) is 2. The molecule has 1 aromatic heterocycles. The number of carbonyl (C=O) groups is 1. The minimum atomic E-state index is -4.72. The number of nitrogens with two attached hydrogens (primary N) is 1. The number of rotatable bonds is 5. The van der Waals surface area contributed by atoms with Crippen LogP contribution < -0.4 is 16.4 Å². The molecule has 0 spiro atoms. The molecule has 1 atom stereocenters. The first kappa shape index (κ1) is 18.5. The summed E-state index contributed by atoms with van der Waals surface area (Å²) in [5, 5.41) is 13.8. The molecule has 0 fully saturated rings. The highest BCUT2D eigenvalue weighted by atomic mass is 19.4. The molecule has 0 saturated heterocycles. The summed E-state index contributed by atoms with van der Waals surface area (Å²) in [6.45, 7) is 1.21. The quantitative estimate of drug-likeness (QED) is 0.611. The van der Waals surface area contributed by atoms with Gasteiger partial charge in [0, 0.05) is 23.4 Å². The van der Waals surface area contributed by atoms with E-state index >= 15 is 0 Å². The van der Waals surface area contributed by atoms with Gasteiger partial charge in [0.05, 0.1) is 6.61 Å². The molecule has 1 amide bonds. The molecule has 134 valence electrons. The highest BCUT2D eigenvalue weighted by Crippen LogP contribution is 2.30. The Labute approximate surface area is 141 Å². The minimum Gasteiger partial charge on any atom is -0.399 e. The van der Waals surface area contributed by atoms with Crippen molar-refractivity contribution in [2.75, 3.05) is 23.0 Å². The number of aliphatic hydroxyl groups is 1. The van der Waals surface area contributed by atoms with E-state index in [9.17, 15) is 18.0 Å². The van der Waals surface area contributed by atoms with Crippen LogP contribution in [0.5, 0.6) is 0 Å². The number of amides is 1. The van der Waals surface area contributed by atoms with Crippen LogP contribution in [0.1, 0.15) is 23.0 Å². The van der Waals surface area contributed by atoms with Crippen molar-refractivity contribution in [3.8, 4) is 0 Å². The maximum Gasteiger partial charge on any atom is 0.433 e. The van der Waals surface area contributed by atoms with Crippen LogP contribution in [0.4, 0.5) is 30.6 Å². The smallest absolute Gasteiger partial charge is 0.399 e. The fourth-order valence-electron chi connectivity index (χ4n) is 1.86. The summed E-state index contributed by atoms with van der Waals surface area (Å²) < 4.78 is 39.0. The Bertz CT molecular complexity index is 767. The Kier molecular flexibility index (Phi) is 5.42. The molecule has 0 aliphatic heterocycles. The average molecular weight is 355 g/mol. The number of carbonyl (C=O) groups excluding carboxylic acids is 1. The summed E-state index contributed by atoms with van der Waals surface area (Å²) in [6, 6.07) is 6.02. The molecule has 7 nitrogen and oxygen atoms in total. The molecule has 0 radical (unpaired) electrons. The van der Waals surface area contributed by atoms with Crippen molar-refractivity contribution < 1.29 is 23.1 Å². The maximum atomic E-state index is 13.0. The van der Waals surface area contributed by atoms with E-state index in [1.165, 1.54) is 19.1 Å². The van der Waals surface area contributed by atoms with Crippen LogP contribution in [-0.4, -0.2) is 33.6 Å². The van der Waals surface area contributed by atoms with Crippen molar-refractivity contribution in [1.29, 1.82) is 0 Å². The van der Waals surface area contributed by atoms with Crippen molar-refractivity contribution in [3.05, 3.63) is 41.6 Å². The Morgan fingerprint density at radius 1 is 1.32 bits per heavy atom. The molecule has 1 aromatic carbocycles. The number of nitrogen functional groups attached to an aromatic ring is 1. The first-order valence-electron chi connectivity index (χ1n) is 7.19. The van der Waals surface area contributed by atoms with E-state index in [0.29, 0.717) is 11.8 Å². The number of hydrogen-bond acceptors (Lipinski definition) is 6. The summed E-state index contributed by atoms with van der Waals surface area (Å²) in [4.78, 5) is 19.3. The van der Waals surface area contributed by atoms with Gasteiger partial charge in [-0.15, -0.1) is 0 Å². The van der Waals surface area contributed by atoms with E-state index in [-0.39, 0.29) is 23.9 Å². The van der Waals surface area contributed by atoms with Crippen molar-refractivity contribution in [3.63, 3.8) is 0 Å². The second-order valence-corrected chi connectivity index (χ2v) is 5.27. The third-order valence-electron chi connectivity index (χ3n) is 3.06. The Morgan fingerprint density at radius 3 is 2.64 bits per heavy atom. The molecular weight excluding hydrogens is 339 g/mol. The lowest BCUT2D eigenvalue weighted by Gasteiger charge is -2.14. The minimum absolute atomic E-state index is 0.172. The fourth-order valence-corrected chi connectivity index (χ4v) is 1.86. The topological polar surface area (TPSA) is 113 Å². The van der Waals surface area contributed by atoms with Crippen molar-refractivity contribution in [2.45, 2.75) is 19.1 Å².